The second-order valence-electron chi connectivity index (χ2n) is 5.45. The molecule has 134 valence electrons. The predicted molar refractivity (Wildman–Crippen MR) is 82.0 cm³/mol. The number of hydrogen-bond acceptors (Lipinski definition) is 3. The summed E-state index contributed by atoms with van der Waals surface area (Å²) < 4.78 is 60.0. The highest BCUT2D eigenvalue weighted by Gasteiger charge is 2.24. The van der Waals surface area contributed by atoms with Crippen molar-refractivity contribution >= 4 is 5.69 Å². The van der Waals surface area contributed by atoms with Crippen LogP contribution in [0.25, 0.3) is 0 Å². The molecule has 0 fully saturated rings. The molecule has 0 aromatic heterocycles. The van der Waals surface area contributed by atoms with Gasteiger partial charge in [-0.3, -0.25) is 10.1 Å². The molecule has 0 aliphatic carbocycles. The highest BCUT2D eigenvalue weighted by Crippen LogP contribution is 2.26. The van der Waals surface area contributed by atoms with Crippen LogP contribution in [0.2, 0.25) is 0 Å². The number of nitrogens with zero attached hydrogens (tertiary/aromatic N) is 1. The molecule has 0 unspecified atom stereocenters. The maximum atomic E-state index is 14.1. The van der Waals surface area contributed by atoms with Crippen LogP contribution in [0.3, 0.4) is 0 Å². The molecule has 25 heavy (non-hydrogen) atoms. The topological polar surface area (TPSA) is 52.4 Å². The molecule has 0 saturated heterocycles. The van der Waals surface area contributed by atoms with Crippen molar-refractivity contribution in [3.63, 3.8) is 0 Å². The van der Waals surface area contributed by atoms with Crippen molar-refractivity contribution < 1.29 is 27.2 Å². The molecule has 0 radical (unpaired) electrons. The first-order valence-electron chi connectivity index (χ1n) is 7.43. The molecule has 0 aliphatic heterocycles. The third-order valence-corrected chi connectivity index (χ3v) is 3.74. The second kappa shape index (κ2) is 7.60. The van der Waals surface area contributed by atoms with Crippen molar-refractivity contribution in [3.05, 3.63) is 73.8 Å². The second-order valence-corrected chi connectivity index (χ2v) is 5.45. The van der Waals surface area contributed by atoms with E-state index in [0.717, 1.165) is 0 Å². The number of nitro benzene ring substituents is 1. The first kappa shape index (κ1) is 18.9. The van der Waals surface area contributed by atoms with Crippen LogP contribution < -0.4 is 0 Å². The lowest BCUT2D eigenvalue weighted by molar-refractivity contribution is -0.386. The van der Waals surface area contributed by atoms with Gasteiger partial charge in [-0.2, -0.15) is 0 Å². The van der Waals surface area contributed by atoms with E-state index in [1.54, 1.807) is 13.0 Å². The largest absolute Gasteiger partial charge is 0.372 e. The smallest absolute Gasteiger partial charge is 0.275 e. The Morgan fingerprint density at radius 3 is 2.24 bits per heavy atom. The van der Waals surface area contributed by atoms with Gasteiger partial charge in [-0.15, -0.1) is 0 Å². The molecule has 8 heteroatoms. The van der Waals surface area contributed by atoms with E-state index in [0.29, 0.717) is 5.56 Å². The van der Waals surface area contributed by atoms with Crippen LogP contribution in [-0.4, -0.2) is 4.92 Å². The standard InChI is InChI=1S/C17H15F4NO3/c1-3-11-14(18)12(16(20)17(21)15(11)19)8-25-7-10-5-4-9(2)6-13(10)22(23)24/h4-6H,3,7-8H2,1-2H3. The van der Waals surface area contributed by atoms with Crippen molar-refractivity contribution in [3.8, 4) is 0 Å². The van der Waals surface area contributed by atoms with Gasteiger partial charge in [-0.25, -0.2) is 17.6 Å². The number of ether oxygens (including phenoxy) is 1. The molecule has 0 bridgehead atoms. The zero-order chi connectivity index (χ0) is 18.7. The molecule has 0 heterocycles. The van der Waals surface area contributed by atoms with Gasteiger partial charge in [0.25, 0.3) is 5.69 Å². The number of halogens is 4. The molecule has 0 N–H and O–H groups in total. The zero-order valence-corrected chi connectivity index (χ0v) is 13.5. The van der Waals surface area contributed by atoms with E-state index in [-0.39, 0.29) is 24.3 Å². The number of nitro groups is 1. The van der Waals surface area contributed by atoms with Crippen LogP contribution in [0.15, 0.2) is 18.2 Å². The molecular formula is C17H15F4NO3. The maximum Gasteiger partial charge on any atom is 0.275 e. The van der Waals surface area contributed by atoms with E-state index in [4.69, 9.17) is 4.74 Å². The van der Waals surface area contributed by atoms with Crippen LogP contribution in [0.5, 0.6) is 0 Å². The first-order valence-corrected chi connectivity index (χ1v) is 7.43. The van der Waals surface area contributed by atoms with Crippen LogP contribution in [0, 0.1) is 40.3 Å². The van der Waals surface area contributed by atoms with Crippen molar-refractivity contribution in [2.45, 2.75) is 33.5 Å². The molecule has 2 aromatic carbocycles. The summed E-state index contributed by atoms with van der Waals surface area (Å²) in [7, 11) is 0. The quantitative estimate of drug-likeness (QED) is 0.247. The molecule has 0 amide bonds. The number of aryl methyl sites for hydroxylation is 1. The Morgan fingerprint density at radius 1 is 1.00 bits per heavy atom. The lowest BCUT2D eigenvalue weighted by Crippen LogP contribution is -2.10. The molecule has 2 rings (SSSR count). The van der Waals surface area contributed by atoms with Gasteiger partial charge in [0.15, 0.2) is 17.5 Å². The third kappa shape index (κ3) is 3.79. The summed E-state index contributed by atoms with van der Waals surface area (Å²) >= 11 is 0. The normalized spacial score (nSPS) is 11.0. The van der Waals surface area contributed by atoms with Crippen LogP contribution in [0.4, 0.5) is 23.2 Å². The van der Waals surface area contributed by atoms with E-state index in [2.05, 4.69) is 0 Å². The Hall–Kier alpha value is -2.48. The average Bonchev–Trinajstić information content (AvgIpc) is 2.57. The van der Waals surface area contributed by atoms with Gasteiger partial charge in [0.2, 0.25) is 0 Å². The molecular weight excluding hydrogens is 342 g/mol. The van der Waals surface area contributed by atoms with Gasteiger partial charge in [-0.05, 0) is 25.0 Å². The minimum Gasteiger partial charge on any atom is -0.372 e. The minimum atomic E-state index is -1.77. The lowest BCUT2D eigenvalue weighted by Gasteiger charge is -2.12. The summed E-state index contributed by atoms with van der Waals surface area (Å²) in [5, 5.41) is 11.0. The first-order chi connectivity index (χ1) is 11.8. The highest BCUT2D eigenvalue weighted by atomic mass is 19.2. The Morgan fingerprint density at radius 2 is 1.64 bits per heavy atom. The van der Waals surface area contributed by atoms with Gasteiger partial charge in [0, 0.05) is 11.6 Å². The van der Waals surface area contributed by atoms with Gasteiger partial charge in [0.05, 0.1) is 29.3 Å². The van der Waals surface area contributed by atoms with Gasteiger partial charge >= 0.3 is 0 Å². The van der Waals surface area contributed by atoms with Crippen LogP contribution in [-0.2, 0) is 24.4 Å². The lowest BCUT2D eigenvalue weighted by atomic mass is 10.1. The molecule has 2 aromatic rings. The molecule has 0 atom stereocenters. The Kier molecular flexibility index (Phi) is 5.73. The summed E-state index contributed by atoms with van der Waals surface area (Å²) in [6.07, 6.45) is -0.161. The fourth-order valence-electron chi connectivity index (χ4n) is 2.40. The van der Waals surface area contributed by atoms with E-state index >= 15 is 0 Å². The zero-order valence-electron chi connectivity index (χ0n) is 13.5. The highest BCUT2D eigenvalue weighted by molar-refractivity contribution is 5.42. The van der Waals surface area contributed by atoms with Gasteiger partial charge < -0.3 is 4.74 Å². The van der Waals surface area contributed by atoms with Crippen LogP contribution >= 0.6 is 0 Å². The Balaban J connectivity index is 2.24. The van der Waals surface area contributed by atoms with E-state index < -0.39 is 45.9 Å². The van der Waals surface area contributed by atoms with Crippen molar-refractivity contribution in [2.75, 3.05) is 0 Å². The van der Waals surface area contributed by atoms with E-state index in [1.165, 1.54) is 19.1 Å². The SMILES string of the molecule is CCc1c(F)c(F)c(F)c(COCc2ccc(C)cc2[N+](=O)[O-])c1F. The van der Waals surface area contributed by atoms with Gasteiger partial charge in [0.1, 0.15) is 5.82 Å². The summed E-state index contributed by atoms with van der Waals surface area (Å²) in [6.45, 7) is 2.08. The predicted octanol–water partition coefficient (Wildman–Crippen LogP) is 4.74. The number of rotatable bonds is 6. The third-order valence-electron chi connectivity index (χ3n) is 3.74. The molecule has 0 saturated carbocycles. The Bertz CT molecular complexity index is 824. The number of hydrogen-bond donors (Lipinski definition) is 0. The van der Waals surface area contributed by atoms with Crippen molar-refractivity contribution in [1.82, 2.24) is 0 Å². The van der Waals surface area contributed by atoms with Crippen LogP contribution in [0.1, 0.15) is 29.2 Å². The fraction of sp³-hybridized carbons (Fsp3) is 0.294. The van der Waals surface area contributed by atoms with Gasteiger partial charge in [-0.1, -0.05) is 13.0 Å². The maximum absolute atomic E-state index is 14.1. The average molecular weight is 357 g/mol. The van der Waals surface area contributed by atoms with E-state index in [9.17, 15) is 27.7 Å². The van der Waals surface area contributed by atoms with E-state index in [1.807, 2.05) is 0 Å². The summed E-state index contributed by atoms with van der Waals surface area (Å²) in [6, 6.07) is 4.43. The molecule has 0 spiro atoms. The summed E-state index contributed by atoms with van der Waals surface area (Å²) in [5.41, 5.74) is -0.639. The van der Waals surface area contributed by atoms with Crippen molar-refractivity contribution in [1.29, 1.82) is 0 Å². The summed E-state index contributed by atoms with van der Waals surface area (Å²) in [5.74, 6) is -6.20. The minimum absolute atomic E-state index is 0.161. The molecule has 0 aliphatic rings. The Labute approximate surface area is 141 Å². The fourth-order valence-corrected chi connectivity index (χ4v) is 2.40. The van der Waals surface area contributed by atoms with Crippen molar-refractivity contribution in [2.24, 2.45) is 0 Å². The monoisotopic (exact) mass is 357 g/mol. The molecule has 4 nitrogen and oxygen atoms in total. The summed E-state index contributed by atoms with van der Waals surface area (Å²) in [4.78, 5) is 10.4. The number of benzene rings is 2.